The highest BCUT2D eigenvalue weighted by atomic mass is 16.5. The van der Waals surface area contributed by atoms with Crippen molar-refractivity contribution in [2.45, 2.75) is 76.3 Å². The van der Waals surface area contributed by atoms with Gasteiger partial charge in [-0.25, -0.2) is 0 Å². The van der Waals surface area contributed by atoms with E-state index in [2.05, 4.69) is 49.4 Å². The molecule has 2 N–H and O–H groups in total. The standard InChI is InChI=1S/C28H36O5/c1-19-2-5-21(27-15-23(30)14-25(18-29)33-27)13-22(19)12-20-3-6-24(7-4-20)32-26-16-28(17-26)8-10-31-11-9-28/h2-7,13,23,25-27,29-30H,8-12,14-18H2,1H3. The Hall–Kier alpha value is -1.92. The van der Waals surface area contributed by atoms with Gasteiger partial charge in [-0.1, -0.05) is 30.3 Å². The molecule has 3 atom stereocenters. The van der Waals surface area contributed by atoms with Crippen molar-refractivity contribution in [2.24, 2.45) is 5.41 Å². The molecule has 0 amide bonds. The number of ether oxygens (including phenoxy) is 3. The molecule has 1 saturated carbocycles. The molecule has 1 aliphatic carbocycles. The van der Waals surface area contributed by atoms with E-state index in [0.29, 0.717) is 24.4 Å². The largest absolute Gasteiger partial charge is 0.490 e. The van der Waals surface area contributed by atoms with Crippen LogP contribution in [0.5, 0.6) is 5.75 Å². The van der Waals surface area contributed by atoms with Crippen LogP contribution in [0.25, 0.3) is 0 Å². The zero-order valence-electron chi connectivity index (χ0n) is 19.5. The summed E-state index contributed by atoms with van der Waals surface area (Å²) in [6, 6.07) is 14.9. The molecular weight excluding hydrogens is 416 g/mol. The van der Waals surface area contributed by atoms with Crippen molar-refractivity contribution < 1.29 is 24.4 Å². The number of hydrogen-bond donors (Lipinski definition) is 2. The van der Waals surface area contributed by atoms with Gasteiger partial charge in [0, 0.05) is 26.1 Å². The van der Waals surface area contributed by atoms with Gasteiger partial charge in [0.1, 0.15) is 5.75 Å². The van der Waals surface area contributed by atoms with Crippen molar-refractivity contribution in [1.29, 1.82) is 0 Å². The van der Waals surface area contributed by atoms with Gasteiger partial charge >= 0.3 is 0 Å². The maximum Gasteiger partial charge on any atom is 0.119 e. The Bertz CT molecular complexity index is 926. The second kappa shape index (κ2) is 9.75. The van der Waals surface area contributed by atoms with Crippen molar-refractivity contribution in [3.63, 3.8) is 0 Å². The molecule has 2 saturated heterocycles. The fraction of sp³-hybridized carbons (Fsp3) is 0.571. The fourth-order valence-electron chi connectivity index (χ4n) is 5.70. The van der Waals surface area contributed by atoms with Gasteiger partial charge in [0.05, 0.1) is 31.0 Å². The molecule has 3 unspecified atom stereocenters. The Balaban J connectivity index is 1.20. The Morgan fingerprint density at radius 2 is 1.79 bits per heavy atom. The van der Waals surface area contributed by atoms with Gasteiger partial charge in [0.15, 0.2) is 0 Å². The summed E-state index contributed by atoms with van der Waals surface area (Å²) in [6.45, 7) is 3.87. The van der Waals surface area contributed by atoms with Crippen molar-refractivity contribution in [1.82, 2.24) is 0 Å². The van der Waals surface area contributed by atoms with Crippen LogP contribution < -0.4 is 4.74 Å². The Morgan fingerprint density at radius 3 is 2.52 bits per heavy atom. The maximum absolute atomic E-state index is 10.2. The first-order valence-corrected chi connectivity index (χ1v) is 12.4. The predicted octanol–water partition coefficient (Wildman–Crippen LogP) is 4.50. The van der Waals surface area contributed by atoms with Crippen LogP contribution in [-0.4, -0.2) is 48.3 Å². The lowest BCUT2D eigenvalue weighted by molar-refractivity contribution is -0.113. The summed E-state index contributed by atoms with van der Waals surface area (Å²) >= 11 is 0. The van der Waals surface area contributed by atoms with Crippen LogP contribution in [-0.2, 0) is 15.9 Å². The minimum absolute atomic E-state index is 0.0586. The average molecular weight is 453 g/mol. The van der Waals surface area contributed by atoms with E-state index in [9.17, 15) is 10.2 Å². The lowest BCUT2D eigenvalue weighted by Crippen LogP contribution is -2.47. The highest BCUT2D eigenvalue weighted by Crippen LogP contribution is 2.50. The van der Waals surface area contributed by atoms with Gasteiger partial charge in [-0.15, -0.1) is 0 Å². The summed E-state index contributed by atoms with van der Waals surface area (Å²) in [4.78, 5) is 0. The average Bonchev–Trinajstić information content (AvgIpc) is 2.81. The minimum atomic E-state index is -0.435. The van der Waals surface area contributed by atoms with Crippen molar-refractivity contribution >= 4 is 0 Å². The van der Waals surface area contributed by atoms with E-state index in [1.807, 2.05) is 0 Å². The van der Waals surface area contributed by atoms with Crippen LogP contribution in [0, 0.1) is 12.3 Å². The first kappa shape index (κ1) is 22.9. The summed E-state index contributed by atoms with van der Waals surface area (Å²) in [6.07, 6.45) is 5.98. The molecule has 5 nitrogen and oxygen atoms in total. The zero-order valence-corrected chi connectivity index (χ0v) is 19.5. The van der Waals surface area contributed by atoms with Crippen molar-refractivity contribution in [3.05, 3.63) is 64.7 Å². The number of aliphatic hydroxyl groups is 2. The molecule has 5 rings (SSSR count). The molecule has 0 aromatic heterocycles. The summed E-state index contributed by atoms with van der Waals surface area (Å²) in [5.41, 5.74) is 5.28. The molecule has 2 aliphatic heterocycles. The predicted molar refractivity (Wildman–Crippen MR) is 127 cm³/mol. The quantitative estimate of drug-likeness (QED) is 0.676. The normalized spacial score (nSPS) is 27.3. The van der Waals surface area contributed by atoms with E-state index in [4.69, 9.17) is 14.2 Å². The minimum Gasteiger partial charge on any atom is -0.490 e. The van der Waals surface area contributed by atoms with Crippen LogP contribution in [0.2, 0.25) is 0 Å². The molecule has 0 bridgehead atoms. The monoisotopic (exact) mass is 452 g/mol. The first-order valence-electron chi connectivity index (χ1n) is 12.4. The van der Waals surface area contributed by atoms with Gasteiger partial charge in [-0.3, -0.25) is 0 Å². The molecule has 5 heteroatoms. The maximum atomic E-state index is 10.2. The smallest absolute Gasteiger partial charge is 0.119 e. The molecular formula is C28H36O5. The lowest BCUT2D eigenvalue weighted by atomic mass is 9.62. The van der Waals surface area contributed by atoms with E-state index < -0.39 is 6.10 Å². The third-order valence-corrected chi connectivity index (χ3v) is 7.82. The zero-order chi connectivity index (χ0) is 22.8. The van der Waals surface area contributed by atoms with Gasteiger partial charge in [0.25, 0.3) is 0 Å². The molecule has 3 aliphatic rings. The molecule has 178 valence electrons. The van der Waals surface area contributed by atoms with Gasteiger partial charge in [0.2, 0.25) is 0 Å². The van der Waals surface area contributed by atoms with Crippen molar-refractivity contribution in [3.8, 4) is 5.75 Å². The van der Waals surface area contributed by atoms with Crippen LogP contribution in [0.1, 0.15) is 66.9 Å². The van der Waals surface area contributed by atoms with E-state index >= 15 is 0 Å². The second-order valence-electron chi connectivity index (χ2n) is 10.3. The summed E-state index contributed by atoms with van der Waals surface area (Å²) < 4.78 is 17.8. The fourth-order valence-corrected chi connectivity index (χ4v) is 5.70. The topological polar surface area (TPSA) is 68.2 Å². The van der Waals surface area contributed by atoms with Crippen LogP contribution >= 0.6 is 0 Å². The summed E-state index contributed by atoms with van der Waals surface area (Å²) in [5, 5.41) is 19.7. The molecule has 2 aromatic rings. The second-order valence-corrected chi connectivity index (χ2v) is 10.3. The highest BCUT2D eigenvalue weighted by Gasteiger charge is 2.46. The summed E-state index contributed by atoms with van der Waals surface area (Å²) in [5.74, 6) is 0.954. The Kier molecular flexibility index (Phi) is 6.75. The Labute approximate surface area is 196 Å². The molecule has 1 spiro atoms. The number of hydrogen-bond acceptors (Lipinski definition) is 5. The number of rotatable bonds is 6. The van der Waals surface area contributed by atoms with Gasteiger partial charge < -0.3 is 24.4 Å². The lowest BCUT2D eigenvalue weighted by Gasteiger charge is -2.49. The molecule has 3 fully saturated rings. The van der Waals surface area contributed by atoms with E-state index in [0.717, 1.165) is 43.8 Å². The van der Waals surface area contributed by atoms with E-state index in [-0.39, 0.29) is 18.8 Å². The Morgan fingerprint density at radius 1 is 1.03 bits per heavy atom. The van der Waals surface area contributed by atoms with Crippen LogP contribution in [0.15, 0.2) is 42.5 Å². The number of aryl methyl sites for hydroxylation is 1. The molecule has 33 heavy (non-hydrogen) atoms. The number of benzene rings is 2. The van der Waals surface area contributed by atoms with Crippen molar-refractivity contribution in [2.75, 3.05) is 19.8 Å². The first-order chi connectivity index (χ1) is 16.0. The van der Waals surface area contributed by atoms with E-state index in [1.165, 1.54) is 29.5 Å². The third kappa shape index (κ3) is 5.27. The summed E-state index contributed by atoms with van der Waals surface area (Å²) in [7, 11) is 0. The number of aliphatic hydroxyl groups excluding tert-OH is 2. The third-order valence-electron chi connectivity index (χ3n) is 7.82. The van der Waals surface area contributed by atoms with Crippen LogP contribution in [0.3, 0.4) is 0 Å². The molecule has 2 aromatic carbocycles. The van der Waals surface area contributed by atoms with Gasteiger partial charge in [-0.2, -0.15) is 0 Å². The SMILES string of the molecule is Cc1ccc(C2CC(O)CC(CO)O2)cc1Cc1ccc(OC2CC3(CCOCC3)C2)cc1. The van der Waals surface area contributed by atoms with E-state index in [1.54, 1.807) is 0 Å². The van der Waals surface area contributed by atoms with Gasteiger partial charge in [-0.05, 0) is 78.8 Å². The molecule has 2 heterocycles. The van der Waals surface area contributed by atoms with Crippen LogP contribution in [0.4, 0.5) is 0 Å². The molecule has 0 radical (unpaired) electrons. The highest BCUT2D eigenvalue weighted by molar-refractivity contribution is 5.38.